The van der Waals surface area contributed by atoms with Crippen LogP contribution in [0, 0.1) is 0 Å². The van der Waals surface area contributed by atoms with E-state index in [1.807, 2.05) is 30.3 Å². The topological polar surface area (TPSA) is 63.3 Å². The Hall–Kier alpha value is -2.00. The first-order chi connectivity index (χ1) is 8.11. The first-order valence-corrected chi connectivity index (χ1v) is 5.35. The standard InChI is InChI=1S/C13H10ClNO2/c14-10-7-6-9(8-4-2-1-3-5-8)11(12(10)15)13(16)17/h1-7H,15H2,(H,16,17). The van der Waals surface area contributed by atoms with Crippen molar-refractivity contribution in [2.24, 2.45) is 0 Å². The fourth-order valence-corrected chi connectivity index (χ4v) is 1.84. The largest absolute Gasteiger partial charge is 0.478 e. The molecule has 0 fully saturated rings. The second-order valence-corrected chi connectivity index (χ2v) is 3.96. The Morgan fingerprint density at radius 1 is 1.12 bits per heavy atom. The Labute approximate surface area is 103 Å². The third-order valence-corrected chi connectivity index (χ3v) is 2.82. The molecule has 86 valence electrons. The molecular formula is C13H10ClNO2. The van der Waals surface area contributed by atoms with Crippen LogP contribution in [0.3, 0.4) is 0 Å². The minimum absolute atomic E-state index is 0.0451. The Balaban J connectivity index is 2.71. The smallest absolute Gasteiger partial charge is 0.338 e. The molecule has 0 aliphatic rings. The van der Waals surface area contributed by atoms with Crippen LogP contribution < -0.4 is 5.73 Å². The fraction of sp³-hybridized carbons (Fsp3) is 0. The summed E-state index contributed by atoms with van der Waals surface area (Å²) in [5.41, 5.74) is 7.22. The van der Waals surface area contributed by atoms with Gasteiger partial charge in [-0.2, -0.15) is 0 Å². The number of carboxylic acids is 1. The minimum Gasteiger partial charge on any atom is -0.478 e. The minimum atomic E-state index is -1.08. The molecule has 0 bridgehead atoms. The van der Waals surface area contributed by atoms with Gasteiger partial charge in [0.05, 0.1) is 16.3 Å². The molecular weight excluding hydrogens is 238 g/mol. The lowest BCUT2D eigenvalue weighted by Gasteiger charge is -2.10. The van der Waals surface area contributed by atoms with Gasteiger partial charge in [-0.15, -0.1) is 0 Å². The highest BCUT2D eigenvalue weighted by molar-refractivity contribution is 6.34. The number of benzene rings is 2. The summed E-state index contributed by atoms with van der Waals surface area (Å²) in [6.45, 7) is 0. The molecule has 2 aromatic rings. The van der Waals surface area contributed by atoms with Gasteiger partial charge in [-0.25, -0.2) is 4.79 Å². The molecule has 0 radical (unpaired) electrons. The van der Waals surface area contributed by atoms with E-state index in [4.69, 9.17) is 17.3 Å². The first-order valence-electron chi connectivity index (χ1n) is 4.98. The Kier molecular flexibility index (Phi) is 3.02. The number of carboxylic acid groups (broad SMARTS) is 1. The lowest BCUT2D eigenvalue weighted by atomic mass is 9.98. The molecule has 0 unspecified atom stereocenters. The zero-order valence-corrected chi connectivity index (χ0v) is 9.61. The van der Waals surface area contributed by atoms with Crippen LogP contribution in [0.5, 0.6) is 0 Å². The van der Waals surface area contributed by atoms with Crippen LogP contribution in [0.15, 0.2) is 42.5 Å². The molecule has 0 amide bonds. The predicted octanol–water partition coefficient (Wildman–Crippen LogP) is 3.29. The van der Waals surface area contributed by atoms with Crippen LogP contribution in [0.25, 0.3) is 11.1 Å². The Morgan fingerprint density at radius 3 is 2.35 bits per heavy atom. The van der Waals surface area contributed by atoms with E-state index >= 15 is 0 Å². The highest BCUT2D eigenvalue weighted by atomic mass is 35.5. The van der Waals surface area contributed by atoms with E-state index in [-0.39, 0.29) is 16.3 Å². The normalized spacial score (nSPS) is 10.2. The van der Waals surface area contributed by atoms with E-state index in [1.165, 1.54) is 0 Å². The van der Waals surface area contributed by atoms with E-state index in [0.29, 0.717) is 5.56 Å². The zero-order chi connectivity index (χ0) is 12.4. The van der Waals surface area contributed by atoms with Gasteiger partial charge >= 0.3 is 5.97 Å². The van der Waals surface area contributed by atoms with Crippen molar-refractivity contribution in [3.63, 3.8) is 0 Å². The highest BCUT2D eigenvalue weighted by Gasteiger charge is 2.17. The highest BCUT2D eigenvalue weighted by Crippen LogP contribution is 2.32. The molecule has 0 atom stereocenters. The summed E-state index contributed by atoms with van der Waals surface area (Å²) in [6, 6.07) is 12.5. The maximum atomic E-state index is 11.2. The number of rotatable bonds is 2. The maximum absolute atomic E-state index is 11.2. The molecule has 0 spiro atoms. The number of halogens is 1. The number of aromatic carboxylic acids is 1. The number of hydrogen-bond donors (Lipinski definition) is 2. The SMILES string of the molecule is Nc1c(Cl)ccc(-c2ccccc2)c1C(=O)O. The molecule has 4 heteroatoms. The number of nitrogens with two attached hydrogens (primary N) is 1. The lowest BCUT2D eigenvalue weighted by Crippen LogP contribution is -2.05. The number of anilines is 1. The first kappa shape index (κ1) is 11.5. The van der Waals surface area contributed by atoms with Crippen LogP contribution in [0.1, 0.15) is 10.4 Å². The quantitative estimate of drug-likeness (QED) is 0.801. The van der Waals surface area contributed by atoms with Crippen molar-refractivity contribution in [3.8, 4) is 11.1 Å². The van der Waals surface area contributed by atoms with Crippen LogP contribution in [0.2, 0.25) is 5.02 Å². The summed E-state index contributed by atoms with van der Waals surface area (Å²) in [6.07, 6.45) is 0. The Morgan fingerprint density at radius 2 is 1.76 bits per heavy atom. The van der Waals surface area contributed by atoms with Crippen molar-refractivity contribution < 1.29 is 9.90 Å². The lowest BCUT2D eigenvalue weighted by molar-refractivity contribution is 0.0699. The molecule has 17 heavy (non-hydrogen) atoms. The molecule has 3 N–H and O–H groups in total. The van der Waals surface area contributed by atoms with Crippen LogP contribution in [-0.4, -0.2) is 11.1 Å². The molecule has 2 aromatic carbocycles. The predicted molar refractivity (Wildman–Crippen MR) is 68.3 cm³/mol. The van der Waals surface area contributed by atoms with Gasteiger partial charge in [-0.3, -0.25) is 0 Å². The van der Waals surface area contributed by atoms with Gasteiger partial charge in [-0.05, 0) is 17.2 Å². The molecule has 3 nitrogen and oxygen atoms in total. The Bertz CT molecular complexity index is 567. The molecule has 0 heterocycles. The van der Waals surface area contributed by atoms with Gasteiger partial charge in [0.2, 0.25) is 0 Å². The van der Waals surface area contributed by atoms with E-state index in [1.54, 1.807) is 12.1 Å². The van der Waals surface area contributed by atoms with E-state index in [2.05, 4.69) is 0 Å². The second-order valence-electron chi connectivity index (χ2n) is 3.55. The zero-order valence-electron chi connectivity index (χ0n) is 8.85. The molecule has 0 aliphatic heterocycles. The average Bonchev–Trinajstić information content (AvgIpc) is 2.33. The third kappa shape index (κ3) is 2.10. The molecule has 2 rings (SSSR count). The molecule has 0 saturated heterocycles. The van der Waals surface area contributed by atoms with Crippen LogP contribution in [0.4, 0.5) is 5.69 Å². The molecule has 0 aliphatic carbocycles. The van der Waals surface area contributed by atoms with Crippen molar-refractivity contribution in [2.75, 3.05) is 5.73 Å². The van der Waals surface area contributed by atoms with Crippen molar-refractivity contribution in [1.29, 1.82) is 0 Å². The number of hydrogen-bond acceptors (Lipinski definition) is 2. The van der Waals surface area contributed by atoms with E-state index in [9.17, 15) is 9.90 Å². The maximum Gasteiger partial charge on any atom is 0.338 e. The van der Waals surface area contributed by atoms with E-state index < -0.39 is 5.97 Å². The second kappa shape index (κ2) is 4.47. The van der Waals surface area contributed by atoms with Gasteiger partial charge in [0.25, 0.3) is 0 Å². The summed E-state index contributed by atoms with van der Waals surface area (Å²) in [5.74, 6) is -1.08. The molecule has 0 aromatic heterocycles. The number of carbonyl (C=O) groups is 1. The van der Waals surface area contributed by atoms with Crippen molar-refractivity contribution in [1.82, 2.24) is 0 Å². The fourth-order valence-electron chi connectivity index (χ4n) is 1.68. The van der Waals surface area contributed by atoms with Gasteiger partial charge in [0, 0.05) is 0 Å². The summed E-state index contributed by atoms with van der Waals surface area (Å²) < 4.78 is 0. The van der Waals surface area contributed by atoms with Gasteiger partial charge < -0.3 is 10.8 Å². The summed E-state index contributed by atoms with van der Waals surface area (Å²) in [7, 11) is 0. The third-order valence-electron chi connectivity index (χ3n) is 2.49. The average molecular weight is 248 g/mol. The van der Waals surface area contributed by atoms with Crippen molar-refractivity contribution >= 4 is 23.3 Å². The van der Waals surface area contributed by atoms with Gasteiger partial charge in [0.1, 0.15) is 0 Å². The van der Waals surface area contributed by atoms with Crippen molar-refractivity contribution in [3.05, 3.63) is 53.1 Å². The van der Waals surface area contributed by atoms with E-state index in [0.717, 1.165) is 5.56 Å². The summed E-state index contributed by atoms with van der Waals surface area (Å²) in [4.78, 5) is 11.2. The van der Waals surface area contributed by atoms with Crippen LogP contribution in [-0.2, 0) is 0 Å². The van der Waals surface area contributed by atoms with Crippen LogP contribution >= 0.6 is 11.6 Å². The van der Waals surface area contributed by atoms with Gasteiger partial charge in [0.15, 0.2) is 0 Å². The molecule has 0 saturated carbocycles. The summed E-state index contributed by atoms with van der Waals surface area (Å²) >= 11 is 5.83. The van der Waals surface area contributed by atoms with Crippen molar-refractivity contribution in [2.45, 2.75) is 0 Å². The monoisotopic (exact) mass is 247 g/mol. The van der Waals surface area contributed by atoms with Gasteiger partial charge in [-0.1, -0.05) is 48.0 Å². The number of nitrogen functional groups attached to an aromatic ring is 1. The summed E-state index contributed by atoms with van der Waals surface area (Å²) in [5, 5.41) is 9.45.